The molecule has 0 unspecified atom stereocenters. The maximum absolute atomic E-state index is 12.4. The zero-order chi connectivity index (χ0) is 17.2. The number of piperidine rings is 1. The molecule has 5 heteroatoms. The van der Waals surface area contributed by atoms with Gasteiger partial charge >= 0.3 is 0 Å². The fourth-order valence-electron chi connectivity index (χ4n) is 2.98. The lowest BCUT2D eigenvalue weighted by Gasteiger charge is -2.29. The van der Waals surface area contributed by atoms with Gasteiger partial charge in [0, 0.05) is 31.9 Å². The molecule has 2 rings (SSSR count). The standard InChI is InChI=1S/C19H31N3O2/c1-2-3-11-20-18-8-5-4-7-17(18)19(24)21-12-6-13-22-14-9-16(23)10-15-22/h4-5,7-8,16,20,23H,2-3,6,9-15H2,1H3,(H,21,24). The zero-order valence-corrected chi connectivity index (χ0v) is 14.8. The molecule has 1 amide bonds. The van der Waals surface area contributed by atoms with E-state index >= 15 is 0 Å². The van der Waals surface area contributed by atoms with Crippen LogP contribution in [0.5, 0.6) is 0 Å². The third-order valence-corrected chi connectivity index (χ3v) is 4.51. The van der Waals surface area contributed by atoms with Crippen LogP contribution < -0.4 is 10.6 Å². The maximum Gasteiger partial charge on any atom is 0.253 e. The van der Waals surface area contributed by atoms with Gasteiger partial charge in [0.05, 0.1) is 11.7 Å². The normalized spacial score (nSPS) is 16.1. The topological polar surface area (TPSA) is 64.6 Å². The highest BCUT2D eigenvalue weighted by Gasteiger charge is 2.16. The lowest BCUT2D eigenvalue weighted by atomic mass is 10.1. The highest BCUT2D eigenvalue weighted by Crippen LogP contribution is 2.15. The Hall–Kier alpha value is -1.59. The Kier molecular flexibility index (Phi) is 8.05. The van der Waals surface area contributed by atoms with Crippen molar-refractivity contribution < 1.29 is 9.90 Å². The van der Waals surface area contributed by atoms with E-state index in [1.807, 2.05) is 24.3 Å². The molecule has 1 aromatic carbocycles. The van der Waals surface area contributed by atoms with E-state index in [1.165, 1.54) is 0 Å². The summed E-state index contributed by atoms with van der Waals surface area (Å²) in [4.78, 5) is 14.8. The summed E-state index contributed by atoms with van der Waals surface area (Å²) in [7, 11) is 0. The van der Waals surface area contributed by atoms with Crippen molar-refractivity contribution in [1.29, 1.82) is 0 Å². The number of hydrogen-bond donors (Lipinski definition) is 3. The van der Waals surface area contributed by atoms with E-state index < -0.39 is 0 Å². The second-order valence-corrected chi connectivity index (χ2v) is 6.51. The van der Waals surface area contributed by atoms with Crippen LogP contribution >= 0.6 is 0 Å². The summed E-state index contributed by atoms with van der Waals surface area (Å²) in [6.07, 6.45) is 4.77. The molecule has 134 valence electrons. The number of anilines is 1. The minimum absolute atomic E-state index is 0.0105. The second-order valence-electron chi connectivity index (χ2n) is 6.51. The summed E-state index contributed by atoms with van der Waals surface area (Å²) in [5.74, 6) is -0.0105. The minimum Gasteiger partial charge on any atom is -0.393 e. The van der Waals surface area contributed by atoms with Gasteiger partial charge in [-0.05, 0) is 44.4 Å². The van der Waals surface area contributed by atoms with Crippen LogP contribution in [0.15, 0.2) is 24.3 Å². The SMILES string of the molecule is CCCCNc1ccccc1C(=O)NCCCN1CCC(O)CC1. The summed E-state index contributed by atoms with van der Waals surface area (Å²) in [6, 6.07) is 7.69. The fourth-order valence-corrected chi connectivity index (χ4v) is 2.98. The Bertz CT molecular complexity index is 499. The second kappa shape index (κ2) is 10.3. The van der Waals surface area contributed by atoms with Crippen molar-refractivity contribution in [3.63, 3.8) is 0 Å². The fraction of sp³-hybridized carbons (Fsp3) is 0.632. The summed E-state index contributed by atoms with van der Waals surface area (Å²) in [6.45, 7) is 6.62. The van der Waals surface area contributed by atoms with Gasteiger partial charge < -0.3 is 20.6 Å². The number of carbonyl (C=O) groups is 1. The molecular formula is C19H31N3O2. The number of hydrogen-bond acceptors (Lipinski definition) is 4. The van der Waals surface area contributed by atoms with Crippen LogP contribution in [0.4, 0.5) is 5.69 Å². The molecule has 0 aliphatic carbocycles. The van der Waals surface area contributed by atoms with Gasteiger partial charge in [-0.25, -0.2) is 0 Å². The van der Waals surface area contributed by atoms with Gasteiger partial charge in [0.15, 0.2) is 0 Å². The van der Waals surface area contributed by atoms with Crippen molar-refractivity contribution in [2.45, 2.75) is 45.1 Å². The molecule has 5 nitrogen and oxygen atoms in total. The molecule has 0 spiro atoms. The Labute approximate surface area is 145 Å². The quantitative estimate of drug-likeness (QED) is 0.608. The van der Waals surface area contributed by atoms with Crippen LogP contribution in [0.25, 0.3) is 0 Å². The first-order valence-electron chi connectivity index (χ1n) is 9.22. The highest BCUT2D eigenvalue weighted by atomic mass is 16.3. The van der Waals surface area contributed by atoms with Crippen LogP contribution in [-0.2, 0) is 0 Å². The molecule has 3 N–H and O–H groups in total. The lowest BCUT2D eigenvalue weighted by Crippen LogP contribution is -2.37. The van der Waals surface area contributed by atoms with Crippen molar-refractivity contribution in [2.75, 3.05) is 38.0 Å². The number of benzene rings is 1. The van der Waals surface area contributed by atoms with Crippen molar-refractivity contribution in [2.24, 2.45) is 0 Å². The van der Waals surface area contributed by atoms with Gasteiger partial charge in [-0.3, -0.25) is 4.79 Å². The number of carbonyl (C=O) groups excluding carboxylic acids is 1. The highest BCUT2D eigenvalue weighted by molar-refractivity contribution is 5.99. The molecule has 0 atom stereocenters. The average Bonchev–Trinajstić information content (AvgIpc) is 2.61. The van der Waals surface area contributed by atoms with Gasteiger partial charge in [0.25, 0.3) is 5.91 Å². The van der Waals surface area contributed by atoms with E-state index in [0.717, 1.165) is 69.5 Å². The maximum atomic E-state index is 12.4. The monoisotopic (exact) mass is 333 g/mol. The molecule has 0 bridgehead atoms. The average molecular weight is 333 g/mol. The van der Waals surface area contributed by atoms with E-state index in [2.05, 4.69) is 22.5 Å². The summed E-state index contributed by atoms with van der Waals surface area (Å²) >= 11 is 0. The Morgan fingerprint density at radius 1 is 1.21 bits per heavy atom. The summed E-state index contributed by atoms with van der Waals surface area (Å²) < 4.78 is 0. The number of nitrogens with zero attached hydrogens (tertiary/aromatic N) is 1. The number of unbranched alkanes of at least 4 members (excludes halogenated alkanes) is 1. The molecule has 0 saturated carbocycles. The number of rotatable bonds is 9. The molecule has 1 fully saturated rings. The molecule has 1 aromatic rings. The largest absolute Gasteiger partial charge is 0.393 e. The molecule has 1 aliphatic heterocycles. The molecule has 1 saturated heterocycles. The molecule has 1 aliphatic rings. The van der Waals surface area contributed by atoms with E-state index in [1.54, 1.807) is 0 Å². The number of likely N-dealkylation sites (tertiary alicyclic amines) is 1. The van der Waals surface area contributed by atoms with Crippen molar-refractivity contribution >= 4 is 11.6 Å². The zero-order valence-electron chi connectivity index (χ0n) is 14.8. The third-order valence-electron chi connectivity index (χ3n) is 4.51. The van der Waals surface area contributed by atoms with Gasteiger partial charge in [-0.1, -0.05) is 25.5 Å². The smallest absolute Gasteiger partial charge is 0.253 e. The van der Waals surface area contributed by atoms with E-state index in [0.29, 0.717) is 6.54 Å². The predicted octanol–water partition coefficient (Wildman–Crippen LogP) is 2.48. The summed E-state index contributed by atoms with van der Waals surface area (Å²) in [5.41, 5.74) is 1.63. The first-order chi connectivity index (χ1) is 11.7. The van der Waals surface area contributed by atoms with Crippen molar-refractivity contribution in [3.8, 4) is 0 Å². The molecule has 1 heterocycles. The molecule has 0 radical (unpaired) electrons. The summed E-state index contributed by atoms with van der Waals surface area (Å²) in [5, 5.41) is 15.9. The Morgan fingerprint density at radius 2 is 1.96 bits per heavy atom. The first-order valence-corrected chi connectivity index (χ1v) is 9.22. The number of nitrogens with one attached hydrogen (secondary N) is 2. The number of aliphatic hydroxyl groups is 1. The Balaban J connectivity index is 1.72. The molecule has 0 aromatic heterocycles. The molecular weight excluding hydrogens is 302 g/mol. The van der Waals surface area contributed by atoms with Crippen LogP contribution in [0.2, 0.25) is 0 Å². The first kappa shape index (κ1) is 18.7. The van der Waals surface area contributed by atoms with Crippen molar-refractivity contribution in [3.05, 3.63) is 29.8 Å². The Morgan fingerprint density at radius 3 is 2.71 bits per heavy atom. The van der Waals surface area contributed by atoms with Gasteiger partial charge in [0.2, 0.25) is 0 Å². The minimum atomic E-state index is -0.127. The van der Waals surface area contributed by atoms with E-state index in [9.17, 15) is 9.90 Å². The number of para-hydroxylation sites is 1. The van der Waals surface area contributed by atoms with Crippen LogP contribution in [0.1, 0.15) is 49.4 Å². The predicted molar refractivity (Wildman–Crippen MR) is 98.5 cm³/mol. The number of amides is 1. The van der Waals surface area contributed by atoms with Crippen LogP contribution in [0, 0.1) is 0 Å². The van der Waals surface area contributed by atoms with Gasteiger partial charge in [-0.2, -0.15) is 0 Å². The van der Waals surface area contributed by atoms with Crippen LogP contribution in [0.3, 0.4) is 0 Å². The van der Waals surface area contributed by atoms with Crippen molar-refractivity contribution in [1.82, 2.24) is 10.2 Å². The van der Waals surface area contributed by atoms with E-state index in [-0.39, 0.29) is 12.0 Å². The van der Waals surface area contributed by atoms with Gasteiger partial charge in [0.1, 0.15) is 0 Å². The van der Waals surface area contributed by atoms with Crippen LogP contribution in [-0.4, -0.2) is 54.7 Å². The van der Waals surface area contributed by atoms with Gasteiger partial charge in [-0.15, -0.1) is 0 Å². The molecule has 24 heavy (non-hydrogen) atoms. The number of aliphatic hydroxyl groups excluding tert-OH is 1. The third kappa shape index (κ3) is 6.13. The van der Waals surface area contributed by atoms with E-state index in [4.69, 9.17) is 0 Å². The lowest BCUT2D eigenvalue weighted by molar-refractivity contribution is 0.0816.